The van der Waals surface area contributed by atoms with Crippen molar-refractivity contribution in [3.05, 3.63) is 59.7 Å². The Morgan fingerprint density at radius 3 is 2.46 bits per heavy atom. The minimum atomic E-state index is -0.548. The summed E-state index contributed by atoms with van der Waals surface area (Å²) in [7, 11) is 1.61. The van der Waals surface area contributed by atoms with Gasteiger partial charge in [-0.05, 0) is 49.2 Å². The van der Waals surface area contributed by atoms with E-state index in [1.165, 1.54) is 0 Å². The van der Waals surface area contributed by atoms with Gasteiger partial charge in [0, 0.05) is 6.54 Å². The van der Waals surface area contributed by atoms with Crippen molar-refractivity contribution >= 4 is 11.9 Å². The van der Waals surface area contributed by atoms with Crippen LogP contribution in [0, 0.1) is 0 Å². The smallest absolute Gasteiger partial charge is 0.338 e. The van der Waals surface area contributed by atoms with Crippen molar-refractivity contribution in [2.45, 2.75) is 13.3 Å². The van der Waals surface area contributed by atoms with Gasteiger partial charge >= 0.3 is 5.97 Å². The Morgan fingerprint density at radius 2 is 1.77 bits per heavy atom. The summed E-state index contributed by atoms with van der Waals surface area (Å²) >= 11 is 0. The fourth-order valence-corrected chi connectivity index (χ4v) is 2.37. The third-order valence-electron chi connectivity index (χ3n) is 3.64. The number of para-hydroxylation sites is 1. The summed E-state index contributed by atoms with van der Waals surface area (Å²) in [5.41, 5.74) is 1.37. The van der Waals surface area contributed by atoms with E-state index in [-0.39, 0.29) is 12.5 Å². The lowest BCUT2D eigenvalue weighted by molar-refractivity contribution is -0.124. The molecule has 2 rings (SSSR count). The van der Waals surface area contributed by atoms with E-state index in [0.717, 1.165) is 11.3 Å². The molecule has 1 amide bonds. The first-order valence-corrected chi connectivity index (χ1v) is 8.42. The Bertz CT molecular complexity index is 727. The van der Waals surface area contributed by atoms with E-state index in [9.17, 15) is 9.59 Å². The van der Waals surface area contributed by atoms with Gasteiger partial charge in [-0.25, -0.2) is 4.79 Å². The highest BCUT2D eigenvalue weighted by Gasteiger charge is 2.10. The molecule has 0 bridgehead atoms. The number of amides is 1. The third kappa shape index (κ3) is 5.81. The van der Waals surface area contributed by atoms with Gasteiger partial charge in [0.1, 0.15) is 11.5 Å². The first-order valence-electron chi connectivity index (χ1n) is 8.42. The van der Waals surface area contributed by atoms with Crippen LogP contribution >= 0.6 is 0 Å². The predicted octanol–water partition coefficient (Wildman–Crippen LogP) is 2.61. The summed E-state index contributed by atoms with van der Waals surface area (Å²) in [6.45, 7) is 2.55. The average Bonchev–Trinajstić information content (AvgIpc) is 2.67. The summed E-state index contributed by atoms with van der Waals surface area (Å²) in [6, 6.07) is 14.2. The molecule has 6 nitrogen and oxygen atoms in total. The summed E-state index contributed by atoms with van der Waals surface area (Å²) in [6.07, 6.45) is 0.628. The molecular formula is C20H23NO5. The third-order valence-corrected chi connectivity index (χ3v) is 3.64. The molecule has 1 N–H and O–H groups in total. The summed E-state index contributed by atoms with van der Waals surface area (Å²) in [4.78, 5) is 23.8. The standard InChI is InChI=1S/C20H23NO5/c1-3-25-17-10-8-16(9-11-17)20(23)26-14-19(22)21-13-12-15-6-4-5-7-18(15)24-2/h4-11H,3,12-14H2,1-2H3,(H,21,22). The maximum Gasteiger partial charge on any atom is 0.338 e. The first-order chi connectivity index (χ1) is 12.6. The van der Waals surface area contributed by atoms with Gasteiger partial charge in [-0.3, -0.25) is 4.79 Å². The van der Waals surface area contributed by atoms with E-state index < -0.39 is 5.97 Å². The van der Waals surface area contributed by atoms with Crippen LogP contribution in [-0.2, 0) is 16.0 Å². The van der Waals surface area contributed by atoms with Crippen LogP contribution in [0.4, 0.5) is 0 Å². The van der Waals surface area contributed by atoms with Crippen molar-refractivity contribution in [2.75, 3.05) is 26.9 Å². The van der Waals surface area contributed by atoms with Crippen LogP contribution in [0.2, 0.25) is 0 Å². The highest BCUT2D eigenvalue weighted by molar-refractivity contribution is 5.91. The molecule has 0 aliphatic carbocycles. The molecule has 2 aromatic carbocycles. The van der Waals surface area contributed by atoms with Crippen LogP contribution in [0.5, 0.6) is 11.5 Å². The van der Waals surface area contributed by atoms with Crippen molar-refractivity contribution in [1.29, 1.82) is 0 Å². The topological polar surface area (TPSA) is 73.9 Å². The number of benzene rings is 2. The Labute approximate surface area is 153 Å². The molecule has 0 aliphatic heterocycles. The lowest BCUT2D eigenvalue weighted by Crippen LogP contribution is -2.30. The second-order valence-electron chi connectivity index (χ2n) is 5.45. The fourth-order valence-electron chi connectivity index (χ4n) is 2.37. The molecule has 0 aromatic heterocycles. The number of methoxy groups -OCH3 is 1. The van der Waals surface area contributed by atoms with Gasteiger partial charge in [0.25, 0.3) is 5.91 Å². The van der Waals surface area contributed by atoms with Crippen molar-refractivity contribution in [1.82, 2.24) is 5.32 Å². The molecule has 0 spiro atoms. The quantitative estimate of drug-likeness (QED) is 0.699. The van der Waals surface area contributed by atoms with Gasteiger partial charge in [0.2, 0.25) is 0 Å². The summed E-state index contributed by atoms with van der Waals surface area (Å²) in [5, 5.41) is 2.72. The average molecular weight is 357 g/mol. The Hall–Kier alpha value is -3.02. The number of hydrogen-bond acceptors (Lipinski definition) is 5. The minimum absolute atomic E-state index is 0.321. The van der Waals surface area contributed by atoms with E-state index in [0.29, 0.717) is 30.9 Å². The molecule has 0 saturated heterocycles. The highest BCUT2D eigenvalue weighted by atomic mass is 16.5. The molecule has 0 saturated carbocycles. The SMILES string of the molecule is CCOc1ccc(C(=O)OCC(=O)NCCc2ccccc2OC)cc1. The first kappa shape index (κ1) is 19.3. The predicted molar refractivity (Wildman–Crippen MR) is 97.6 cm³/mol. The van der Waals surface area contributed by atoms with Gasteiger partial charge in [-0.2, -0.15) is 0 Å². The van der Waals surface area contributed by atoms with Crippen LogP contribution in [-0.4, -0.2) is 38.7 Å². The van der Waals surface area contributed by atoms with Gasteiger partial charge in [0.05, 0.1) is 19.3 Å². The van der Waals surface area contributed by atoms with Crippen molar-refractivity contribution < 1.29 is 23.8 Å². The lowest BCUT2D eigenvalue weighted by Gasteiger charge is -2.09. The zero-order chi connectivity index (χ0) is 18.8. The molecular weight excluding hydrogens is 334 g/mol. The van der Waals surface area contributed by atoms with Crippen LogP contribution in [0.3, 0.4) is 0 Å². The number of hydrogen-bond donors (Lipinski definition) is 1. The maximum atomic E-state index is 11.9. The van der Waals surface area contributed by atoms with E-state index >= 15 is 0 Å². The number of carbonyl (C=O) groups excluding carboxylic acids is 2. The number of esters is 1. The van der Waals surface area contributed by atoms with Gasteiger partial charge < -0.3 is 19.5 Å². The van der Waals surface area contributed by atoms with E-state index in [1.807, 2.05) is 31.2 Å². The number of carbonyl (C=O) groups is 2. The number of ether oxygens (including phenoxy) is 3. The highest BCUT2D eigenvalue weighted by Crippen LogP contribution is 2.17. The largest absolute Gasteiger partial charge is 0.496 e. The van der Waals surface area contributed by atoms with Crippen molar-refractivity contribution in [2.24, 2.45) is 0 Å². The second-order valence-corrected chi connectivity index (χ2v) is 5.45. The summed E-state index contributed by atoms with van der Waals surface area (Å²) < 4.78 is 15.6. The minimum Gasteiger partial charge on any atom is -0.496 e. The molecule has 0 aliphatic rings. The summed E-state index contributed by atoms with van der Waals surface area (Å²) in [5.74, 6) is 0.564. The Kier molecular flexibility index (Phi) is 7.49. The molecule has 0 radical (unpaired) electrons. The van der Waals surface area contributed by atoms with E-state index in [4.69, 9.17) is 14.2 Å². The molecule has 0 atom stereocenters. The van der Waals surface area contributed by atoms with E-state index in [2.05, 4.69) is 5.32 Å². The van der Waals surface area contributed by atoms with Crippen molar-refractivity contribution in [3.8, 4) is 11.5 Å². The number of nitrogens with one attached hydrogen (secondary N) is 1. The van der Waals surface area contributed by atoms with Crippen LogP contribution in [0.15, 0.2) is 48.5 Å². The van der Waals surface area contributed by atoms with Gasteiger partial charge in [-0.15, -0.1) is 0 Å². The van der Waals surface area contributed by atoms with Crippen LogP contribution in [0.25, 0.3) is 0 Å². The molecule has 2 aromatic rings. The van der Waals surface area contributed by atoms with Gasteiger partial charge in [-0.1, -0.05) is 18.2 Å². The molecule has 0 fully saturated rings. The van der Waals surface area contributed by atoms with Crippen molar-refractivity contribution in [3.63, 3.8) is 0 Å². The lowest BCUT2D eigenvalue weighted by atomic mass is 10.1. The molecule has 0 heterocycles. The molecule has 6 heteroatoms. The Balaban J connectivity index is 1.73. The van der Waals surface area contributed by atoms with Crippen LogP contribution in [0.1, 0.15) is 22.8 Å². The molecule has 26 heavy (non-hydrogen) atoms. The molecule has 138 valence electrons. The Morgan fingerprint density at radius 1 is 1.04 bits per heavy atom. The monoisotopic (exact) mass is 357 g/mol. The molecule has 0 unspecified atom stereocenters. The zero-order valence-corrected chi connectivity index (χ0v) is 15.0. The fraction of sp³-hybridized carbons (Fsp3) is 0.300. The van der Waals surface area contributed by atoms with Gasteiger partial charge in [0.15, 0.2) is 6.61 Å². The van der Waals surface area contributed by atoms with Crippen LogP contribution < -0.4 is 14.8 Å². The zero-order valence-electron chi connectivity index (χ0n) is 15.0. The normalized spacial score (nSPS) is 10.1. The second kappa shape index (κ2) is 10.1. The maximum absolute atomic E-state index is 11.9. The van der Waals surface area contributed by atoms with E-state index in [1.54, 1.807) is 31.4 Å². The number of rotatable bonds is 9.